The number of carbonyl (C=O) groups is 1. The van der Waals surface area contributed by atoms with Crippen molar-refractivity contribution in [1.82, 2.24) is 0 Å². The molecule has 0 aliphatic rings. The van der Waals surface area contributed by atoms with Gasteiger partial charge < -0.3 is 9.90 Å². The highest BCUT2D eigenvalue weighted by Crippen LogP contribution is 2.05. The topological polar surface area (TPSA) is 37.3 Å². The summed E-state index contributed by atoms with van der Waals surface area (Å²) in [6, 6.07) is 0. The minimum atomic E-state index is -0.660. The van der Waals surface area contributed by atoms with Crippen LogP contribution in [-0.2, 0) is 4.79 Å². The van der Waals surface area contributed by atoms with E-state index in [4.69, 9.17) is 5.11 Å². The van der Waals surface area contributed by atoms with E-state index in [0.29, 0.717) is 12.7 Å². The van der Waals surface area contributed by atoms with Crippen molar-refractivity contribution in [2.24, 2.45) is 5.92 Å². The van der Waals surface area contributed by atoms with Gasteiger partial charge in [0.05, 0.1) is 12.0 Å². The van der Waals surface area contributed by atoms with Gasteiger partial charge >= 0.3 is 0 Å². The van der Waals surface area contributed by atoms with Crippen LogP contribution >= 0.6 is 0 Å². The van der Waals surface area contributed by atoms with Gasteiger partial charge in [-0.15, -0.1) is 13.2 Å². The second-order valence-corrected chi connectivity index (χ2v) is 2.04. The van der Waals surface area contributed by atoms with E-state index in [2.05, 4.69) is 13.2 Å². The second kappa shape index (κ2) is 4.94. The van der Waals surface area contributed by atoms with Crippen LogP contribution in [0.3, 0.4) is 0 Å². The zero-order valence-electron chi connectivity index (χ0n) is 5.86. The summed E-state index contributed by atoms with van der Waals surface area (Å²) in [6.07, 6.45) is 3.45. The second-order valence-electron chi connectivity index (χ2n) is 2.04. The van der Waals surface area contributed by atoms with E-state index in [-0.39, 0.29) is 0 Å². The average Bonchev–Trinajstić information content (AvgIpc) is 1.91. The highest BCUT2D eigenvalue weighted by atomic mass is 16.3. The molecule has 0 aromatic carbocycles. The van der Waals surface area contributed by atoms with E-state index in [1.807, 2.05) is 0 Å². The van der Waals surface area contributed by atoms with Gasteiger partial charge in [-0.3, -0.25) is 0 Å². The number of carbonyl (C=O) groups excluding carboxylic acids is 1. The third-order valence-electron chi connectivity index (χ3n) is 1.28. The molecule has 0 radical (unpaired) electrons. The molecule has 0 rings (SSSR count). The van der Waals surface area contributed by atoms with Crippen LogP contribution in [0.5, 0.6) is 0 Å². The van der Waals surface area contributed by atoms with E-state index in [1.54, 1.807) is 6.08 Å². The monoisotopic (exact) mass is 140 g/mol. The van der Waals surface area contributed by atoms with Crippen LogP contribution in [0.2, 0.25) is 0 Å². The van der Waals surface area contributed by atoms with Crippen molar-refractivity contribution in [2.45, 2.75) is 12.5 Å². The first-order valence-corrected chi connectivity index (χ1v) is 3.13. The van der Waals surface area contributed by atoms with Crippen molar-refractivity contribution in [1.29, 1.82) is 0 Å². The van der Waals surface area contributed by atoms with Crippen molar-refractivity contribution in [3.05, 3.63) is 25.3 Å². The fraction of sp³-hybridized carbons (Fsp3) is 0.375. The smallest absolute Gasteiger partial charge is 0.129 e. The lowest BCUT2D eigenvalue weighted by atomic mass is 10.0. The molecule has 0 aromatic heterocycles. The predicted molar refractivity (Wildman–Crippen MR) is 40.6 cm³/mol. The molecule has 0 amide bonds. The lowest BCUT2D eigenvalue weighted by Crippen LogP contribution is -2.18. The first-order chi connectivity index (χ1) is 4.76. The Hall–Kier alpha value is -0.890. The first-order valence-electron chi connectivity index (χ1n) is 3.13. The Morgan fingerprint density at radius 3 is 2.40 bits per heavy atom. The third-order valence-corrected chi connectivity index (χ3v) is 1.28. The lowest BCUT2D eigenvalue weighted by Gasteiger charge is -2.10. The van der Waals surface area contributed by atoms with E-state index < -0.39 is 12.0 Å². The van der Waals surface area contributed by atoms with Crippen molar-refractivity contribution in [2.75, 3.05) is 0 Å². The molecule has 0 saturated carbocycles. The Kier molecular flexibility index (Phi) is 4.50. The summed E-state index contributed by atoms with van der Waals surface area (Å²) in [5.74, 6) is -0.460. The van der Waals surface area contributed by atoms with Crippen LogP contribution in [0, 0.1) is 5.92 Å². The maximum absolute atomic E-state index is 10.2. The number of aliphatic hydroxyl groups is 1. The van der Waals surface area contributed by atoms with Crippen LogP contribution in [0.15, 0.2) is 25.3 Å². The van der Waals surface area contributed by atoms with Crippen molar-refractivity contribution in [3.8, 4) is 0 Å². The normalized spacial score (nSPS) is 15.3. The summed E-state index contributed by atoms with van der Waals surface area (Å²) in [7, 11) is 0. The minimum Gasteiger partial charge on any atom is -0.392 e. The summed E-state index contributed by atoms with van der Waals surface area (Å²) in [4.78, 5) is 10.2. The lowest BCUT2D eigenvalue weighted by molar-refractivity contribution is -0.112. The van der Waals surface area contributed by atoms with Crippen LogP contribution in [0.1, 0.15) is 6.42 Å². The molecule has 0 aromatic rings. The molecule has 0 spiro atoms. The average molecular weight is 140 g/mol. The highest BCUT2D eigenvalue weighted by Gasteiger charge is 2.11. The van der Waals surface area contributed by atoms with Gasteiger partial charge in [-0.05, 0) is 6.42 Å². The fourth-order valence-corrected chi connectivity index (χ4v) is 0.631. The predicted octanol–water partition coefficient (Wildman–Crippen LogP) is 0.924. The summed E-state index contributed by atoms with van der Waals surface area (Å²) < 4.78 is 0. The zero-order valence-corrected chi connectivity index (χ0v) is 5.86. The summed E-state index contributed by atoms with van der Waals surface area (Å²) in [5.41, 5.74) is 0. The van der Waals surface area contributed by atoms with E-state index in [9.17, 15) is 4.79 Å². The van der Waals surface area contributed by atoms with E-state index >= 15 is 0 Å². The molecule has 0 bridgehead atoms. The maximum atomic E-state index is 10.2. The van der Waals surface area contributed by atoms with Crippen molar-refractivity contribution >= 4 is 6.29 Å². The molecule has 56 valence electrons. The Morgan fingerprint density at radius 2 is 2.10 bits per heavy atom. The molecule has 0 aliphatic carbocycles. The highest BCUT2D eigenvalue weighted by molar-refractivity contribution is 5.57. The third kappa shape index (κ3) is 2.60. The van der Waals surface area contributed by atoms with E-state index in [1.165, 1.54) is 6.08 Å². The van der Waals surface area contributed by atoms with Crippen LogP contribution < -0.4 is 0 Å². The molecule has 10 heavy (non-hydrogen) atoms. The number of aliphatic hydroxyl groups excluding tert-OH is 1. The molecule has 0 saturated heterocycles. The quantitative estimate of drug-likeness (QED) is 0.455. The summed E-state index contributed by atoms with van der Waals surface area (Å²) in [6.45, 7) is 6.85. The number of hydrogen-bond acceptors (Lipinski definition) is 2. The Labute approximate surface area is 60.9 Å². The molecular formula is C8H12O2. The van der Waals surface area contributed by atoms with Crippen molar-refractivity contribution in [3.63, 3.8) is 0 Å². The van der Waals surface area contributed by atoms with Gasteiger partial charge in [-0.2, -0.15) is 0 Å². The Balaban J connectivity index is 3.86. The number of aldehydes is 1. The summed E-state index contributed by atoms with van der Waals surface area (Å²) in [5, 5.41) is 9.14. The number of rotatable bonds is 5. The number of hydrogen-bond donors (Lipinski definition) is 1. The van der Waals surface area contributed by atoms with Gasteiger partial charge in [0, 0.05) is 0 Å². The molecule has 2 heteroatoms. The molecule has 0 aliphatic heterocycles. The van der Waals surface area contributed by atoms with Gasteiger partial charge in [0.1, 0.15) is 6.29 Å². The molecule has 0 heterocycles. The molecule has 2 atom stereocenters. The van der Waals surface area contributed by atoms with Gasteiger partial charge in [-0.1, -0.05) is 12.2 Å². The summed E-state index contributed by atoms with van der Waals surface area (Å²) >= 11 is 0. The van der Waals surface area contributed by atoms with Crippen LogP contribution in [0.25, 0.3) is 0 Å². The maximum Gasteiger partial charge on any atom is 0.129 e. The SMILES string of the molecule is C=CCC(O)C(C=C)C=O. The molecule has 2 nitrogen and oxygen atoms in total. The molecule has 1 N–H and O–H groups in total. The fourth-order valence-electron chi connectivity index (χ4n) is 0.631. The first kappa shape index (κ1) is 9.11. The van der Waals surface area contributed by atoms with Crippen LogP contribution in [0.4, 0.5) is 0 Å². The Bertz CT molecular complexity index is 121. The molecule has 2 unspecified atom stereocenters. The van der Waals surface area contributed by atoms with E-state index in [0.717, 1.165) is 0 Å². The minimum absolute atomic E-state index is 0.426. The van der Waals surface area contributed by atoms with Crippen LogP contribution in [-0.4, -0.2) is 17.5 Å². The van der Waals surface area contributed by atoms with Gasteiger partial charge in [0.2, 0.25) is 0 Å². The van der Waals surface area contributed by atoms with Gasteiger partial charge in [0.25, 0.3) is 0 Å². The Morgan fingerprint density at radius 1 is 1.50 bits per heavy atom. The van der Waals surface area contributed by atoms with Gasteiger partial charge in [-0.25, -0.2) is 0 Å². The molecule has 0 fully saturated rings. The van der Waals surface area contributed by atoms with Gasteiger partial charge in [0.15, 0.2) is 0 Å². The largest absolute Gasteiger partial charge is 0.392 e. The van der Waals surface area contributed by atoms with Crippen molar-refractivity contribution < 1.29 is 9.90 Å². The standard InChI is InChI=1S/C8H12O2/c1-3-5-8(10)7(4-2)6-9/h3-4,6-8,10H,1-2,5H2. The molecular weight excluding hydrogens is 128 g/mol. The zero-order chi connectivity index (χ0) is 7.98.